The maximum Gasteiger partial charge on any atom is 0.231 e. The third-order valence-electron chi connectivity index (χ3n) is 4.79. The third-order valence-corrected chi connectivity index (χ3v) is 5.82. The minimum atomic E-state index is -0.574. The number of guanidine groups is 1. The van der Waals surface area contributed by atoms with Crippen LogP contribution in [0.15, 0.2) is 48.1 Å². The predicted molar refractivity (Wildman–Crippen MR) is 101 cm³/mol. The van der Waals surface area contributed by atoms with Gasteiger partial charge in [-0.25, -0.2) is 0 Å². The Hall–Kier alpha value is -2.73. The third kappa shape index (κ3) is 2.49. The van der Waals surface area contributed by atoms with Gasteiger partial charge in [0.25, 0.3) is 0 Å². The van der Waals surface area contributed by atoms with Crippen molar-refractivity contribution in [2.45, 2.75) is 18.9 Å². The van der Waals surface area contributed by atoms with E-state index >= 15 is 0 Å². The van der Waals surface area contributed by atoms with Crippen LogP contribution in [0, 0.1) is 5.41 Å². The van der Waals surface area contributed by atoms with Crippen molar-refractivity contribution in [2.24, 2.45) is 0 Å². The number of nitrogens with one attached hydrogen (secondary N) is 2. The molecule has 1 amide bonds. The van der Waals surface area contributed by atoms with Crippen molar-refractivity contribution in [2.75, 3.05) is 7.05 Å². The molecule has 3 aromatic rings. The summed E-state index contributed by atoms with van der Waals surface area (Å²) in [5.41, 5.74) is 2.78. The van der Waals surface area contributed by atoms with Crippen LogP contribution in [-0.2, 0) is 10.3 Å². The molecule has 0 bridgehead atoms. The lowest BCUT2D eigenvalue weighted by Gasteiger charge is -2.39. The van der Waals surface area contributed by atoms with Gasteiger partial charge in [-0.05, 0) is 46.5 Å². The maximum atomic E-state index is 12.3. The number of rotatable bonds is 2. The minimum Gasteiger partial charge on any atom is -0.346 e. The van der Waals surface area contributed by atoms with Crippen LogP contribution in [-0.4, -0.2) is 28.8 Å². The number of hydrogen-bond acceptors (Lipinski definition) is 4. The molecule has 4 rings (SSSR count). The van der Waals surface area contributed by atoms with Crippen LogP contribution in [0.3, 0.4) is 0 Å². The van der Waals surface area contributed by atoms with Crippen LogP contribution in [0.4, 0.5) is 0 Å². The Morgan fingerprint density at radius 2 is 2.04 bits per heavy atom. The number of pyridine rings is 1. The first-order valence-electron chi connectivity index (χ1n) is 8.04. The average Bonchev–Trinajstić information content (AvgIpc) is 3.05. The molecular formula is C19H18N4OS. The fourth-order valence-electron chi connectivity index (χ4n) is 3.34. The lowest BCUT2D eigenvalue weighted by Crippen LogP contribution is -2.58. The SMILES string of the molecule is CN1C(=N)N[C@](C)(c2csc3c(-c4ccncc4)cccc23)CC1=O. The molecule has 0 unspecified atom stereocenters. The monoisotopic (exact) mass is 350 g/mol. The Bertz CT molecular complexity index is 962. The van der Waals surface area contributed by atoms with Crippen molar-refractivity contribution >= 4 is 33.3 Å². The number of fused-ring (bicyclic) bond motifs is 1. The van der Waals surface area contributed by atoms with Crippen molar-refractivity contribution in [3.05, 3.63) is 53.7 Å². The Labute approximate surface area is 149 Å². The summed E-state index contributed by atoms with van der Waals surface area (Å²) in [7, 11) is 1.63. The Morgan fingerprint density at radius 1 is 1.28 bits per heavy atom. The molecular weight excluding hydrogens is 332 g/mol. The summed E-state index contributed by atoms with van der Waals surface area (Å²) in [6.07, 6.45) is 3.92. The summed E-state index contributed by atoms with van der Waals surface area (Å²) >= 11 is 1.68. The van der Waals surface area contributed by atoms with Crippen LogP contribution >= 0.6 is 11.3 Å². The van der Waals surface area contributed by atoms with Crippen molar-refractivity contribution in [3.63, 3.8) is 0 Å². The summed E-state index contributed by atoms with van der Waals surface area (Å²) in [5, 5.41) is 14.5. The molecule has 1 fully saturated rings. The van der Waals surface area contributed by atoms with E-state index in [1.165, 1.54) is 9.60 Å². The van der Waals surface area contributed by atoms with E-state index < -0.39 is 5.54 Å². The van der Waals surface area contributed by atoms with E-state index in [-0.39, 0.29) is 11.9 Å². The number of benzene rings is 1. The van der Waals surface area contributed by atoms with E-state index in [9.17, 15) is 4.79 Å². The van der Waals surface area contributed by atoms with E-state index in [0.717, 1.165) is 22.1 Å². The second-order valence-corrected chi connectivity index (χ2v) is 7.38. The van der Waals surface area contributed by atoms with Gasteiger partial charge in [0.05, 0.1) is 12.0 Å². The van der Waals surface area contributed by atoms with Crippen molar-refractivity contribution in [3.8, 4) is 11.1 Å². The summed E-state index contributed by atoms with van der Waals surface area (Å²) in [6.45, 7) is 1.99. The summed E-state index contributed by atoms with van der Waals surface area (Å²) in [6, 6.07) is 10.2. The van der Waals surface area contributed by atoms with Gasteiger partial charge in [-0.2, -0.15) is 0 Å². The van der Waals surface area contributed by atoms with Crippen molar-refractivity contribution < 1.29 is 4.79 Å². The molecule has 0 spiro atoms. The van der Waals surface area contributed by atoms with E-state index in [2.05, 4.69) is 27.8 Å². The fourth-order valence-corrected chi connectivity index (χ4v) is 4.58. The molecule has 3 heterocycles. The number of carbonyl (C=O) groups excluding carboxylic acids is 1. The number of thiophene rings is 1. The fraction of sp³-hybridized carbons (Fsp3) is 0.211. The topological polar surface area (TPSA) is 69.1 Å². The Morgan fingerprint density at radius 3 is 2.76 bits per heavy atom. The van der Waals surface area contributed by atoms with Gasteiger partial charge in [0.1, 0.15) is 0 Å². The standard InChI is InChI=1S/C19H18N4OS/c1-19(10-16(24)23(2)18(20)22-19)15-11-25-17-13(4-3-5-14(15)17)12-6-8-21-9-7-12/h3-9,11H,10H2,1-2H3,(H2,20,22)/t19-/m0/s1. The lowest BCUT2D eigenvalue weighted by atomic mass is 9.86. The normalized spacial score (nSPS) is 20.8. The molecule has 126 valence electrons. The van der Waals surface area contributed by atoms with Gasteiger partial charge >= 0.3 is 0 Å². The van der Waals surface area contributed by atoms with Gasteiger partial charge < -0.3 is 5.32 Å². The Balaban J connectivity index is 1.85. The number of aromatic nitrogens is 1. The molecule has 6 heteroatoms. The largest absolute Gasteiger partial charge is 0.346 e. The molecule has 1 saturated heterocycles. The van der Waals surface area contributed by atoms with Crippen molar-refractivity contribution in [1.82, 2.24) is 15.2 Å². The molecule has 1 aliphatic rings. The van der Waals surface area contributed by atoms with Gasteiger partial charge in [-0.3, -0.25) is 20.1 Å². The van der Waals surface area contributed by atoms with Crippen LogP contribution in [0.25, 0.3) is 21.2 Å². The second-order valence-electron chi connectivity index (χ2n) is 6.50. The molecule has 5 nitrogen and oxygen atoms in total. The maximum absolute atomic E-state index is 12.3. The molecule has 1 aliphatic heterocycles. The van der Waals surface area contributed by atoms with E-state index in [4.69, 9.17) is 5.41 Å². The lowest BCUT2D eigenvalue weighted by molar-refractivity contribution is -0.129. The van der Waals surface area contributed by atoms with Crippen LogP contribution in [0.2, 0.25) is 0 Å². The number of hydrogen-bond donors (Lipinski definition) is 2. The molecule has 1 atom stereocenters. The average molecular weight is 350 g/mol. The van der Waals surface area contributed by atoms with E-state index in [1.54, 1.807) is 30.8 Å². The number of carbonyl (C=O) groups is 1. The number of nitrogens with zero attached hydrogens (tertiary/aromatic N) is 2. The summed E-state index contributed by atoms with van der Waals surface area (Å²) in [4.78, 5) is 17.7. The summed E-state index contributed by atoms with van der Waals surface area (Å²) in [5.74, 6) is 0.0966. The van der Waals surface area contributed by atoms with E-state index in [0.29, 0.717) is 6.42 Å². The summed E-state index contributed by atoms with van der Waals surface area (Å²) < 4.78 is 1.18. The first-order valence-corrected chi connectivity index (χ1v) is 8.92. The molecule has 1 aromatic carbocycles. The number of amides is 1. The van der Waals surface area contributed by atoms with Crippen LogP contribution in [0.1, 0.15) is 18.9 Å². The zero-order valence-electron chi connectivity index (χ0n) is 14.0. The highest BCUT2D eigenvalue weighted by atomic mass is 32.1. The highest BCUT2D eigenvalue weighted by molar-refractivity contribution is 7.18. The molecule has 2 N–H and O–H groups in total. The van der Waals surface area contributed by atoms with Gasteiger partial charge in [0.15, 0.2) is 5.96 Å². The zero-order chi connectivity index (χ0) is 17.6. The highest BCUT2D eigenvalue weighted by Crippen LogP contribution is 2.41. The zero-order valence-corrected chi connectivity index (χ0v) is 14.9. The molecule has 0 aliphatic carbocycles. The molecule has 0 radical (unpaired) electrons. The smallest absolute Gasteiger partial charge is 0.231 e. The first kappa shape index (κ1) is 15.8. The highest BCUT2D eigenvalue weighted by Gasteiger charge is 2.39. The van der Waals surface area contributed by atoms with E-state index in [1.807, 2.05) is 25.1 Å². The van der Waals surface area contributed by atoms with Crippen molar-refractivity contribution in [1.29, 1.82) is 5.41 Å². The van der Waals surface area contributed by atoms with Crippen LogP contribution in [0.5, 0.6) is 0 Å². The van der Waals surface area contributed by atoms with Gasteiger partial charge in [-0.15, -0.1) is 11.3 Å². The van der Waals surface area contributed by atoms with Gasteiger partial charge in [0.2, 0.25) is 5.91 Å². The Kier molecular flexibility index (Phi) is 3.58. The van der Waals surface area contributed by atoms with Gasteiger partial charge in [0, 0.05) is 24.1 Å². The second kappa shape index (κ2) is 5.67. The first-order chi connectivity index (χ1) is 12.0. The molecule has 2 aromatic heterocycles. The van der Waals surface area contributed by atoms with Crippen LogP contribution < -0.4 is 5.32 Å². The van der Waals surface area contributed by atoms with Gasteiger partial charge in [-0.1, -0.05) is 18.2 Å². The molecule has 25 heavy (non-hydrogen) atoms. The quantitative estimate of drug-likeness (QED) is 0.742. The predicted octanol–water partition coefficient (Wildman–Crippen LogP) is 3.56. The molecule has 0 saturated carbocycles. The minimum absolute atomic E-state index is 0.0455.